The molecule has 2 rings (SSSR count). The van der Waals surface area contributed by atoms with Crippen molar-refractivity contribution in [1.29, 1.82) is 0 Å². The minimum absolute atomic E-state index is 0.0403. The lowest BCUT2D eigenvalue weighted by molar-refractivity contribution is 0.0875. The number of halogens is 1. The van der Waals surface area contributed by atoms with Gasteiger partial charge in [0.15, 0.2) is 0 Å². The number of likely N-dealkylation sites (tertiary alicyclic amines) is 1. The zero-order chi connectivity index (χ0) is 13.7. The minimum Gasteiger partial charge on any atom is -0.395 e. The zero-order valence-corrected chi connectivity index (χ0v) is 12.0. The van der Waals surface area contributed by atoms with Gasteiger partial charge in [0.2, 0.25) is 0 Å². The number of hydrogen-bond donors (Lipinski definition) is 2. The van der Waals surface area contributed by atoms with E-state index in [1.54, 1.807) is 0 Å². The SMILES string of the molecule is NC(CCN1CCCCC1CO)c1ccc(Cl)cc1. The van der Waals surface area contributed by atoms with Crippen molar-refractivity contribution >= 4 is 11.6 Å². The molecular formula is C15H23ClN2O. The molecule has 0 radical (unpaired) electrons. The van der Waals surface area contributed by atoms with E-state index in [1.807, 2.05) is 24.3 Å². The number of benzene rings is 1. The van der Waals surface area contributed by atoms with Crippen LogP contribution in [0.25, 0.3) is 0 Å². The van der Waals surface area contributed by atoms with Crippen LogP contribution in [-0.4, -0.2) is 35.7 Å². The third kappa shape index (κ3) is 4.18. The van der Waals surface area contributed by atoms with Crippen molar-refractivity contribution in [3.8, 4) is 0 Å². The Morgan fingerprint density at radius 3 is 2.74 bits per heavy atom. The molecule has 0 bridgehead atoms. The number of rotatable bonds is 5. The first-order chi connectivity index (χ1) is 9.20. The highest BCUT2D eigenvalue weighted by atomic mass is 35.5. The van der Waals surface area contributed by atoms with Crippen molar-refractivity contribution in [3.05, 3.63) is 34.9 Å². The average Bonchev–Trinajstić information content (AvgIpc) is 2.45. The first kappa shape index (κ1) is 14.8. The quantitative estimate of drug-likeness (QED) is 0.873. The predicted octanol–water partition coefficient (Wildman–Crippen LogP) is 2.58. The van der Waals surface area contributed by atoms with E-state index in [1.165, 1.54) is 12.8 Å². The largest absolute Gasteiger partial charge is 0.395 e. The number of aliphatic hydroxyl groups excluding tert-OH is 1. The second-order valence-corrected chi connectivity index (χ2v) is 5.75. The van der Waals surface area contributed by atoms with Crippen molar-refractivity contribution in [2.75, 3.05) is 19.7 Å². The molecular weight excluding hydrogens is 260 g/mol. The zero-order valence-electron chi connectivity index (χ0n) is 11.3. The molecule has 1 aliphatic rings. The number of nitrogens with zero attached hydrogens (tertiary/aromatic N) is 1. The number of piperidine rings is 1. The fourth-order valence-electron chi connectivity index (χ4n) is 2.74. The Morgan fingerprint density at radius 1 is 1.32 bits per heavy atom. The summed E-state index contributed by atoms with van der Waals surface area (Å²) in [5.74, 6) is 0. The van der Waals surface area contributed by atoms with Crippen molar-refractivity contribution < 1.29 is 5.11 Å². The minimum atomic E-state index is 0.0403. The molecule has 3 N–H and O–H groups in total. The van der Waals surface area contributed by atoms with Gasteiger partial charge < -0.3 is 10.8 Å². The van der Waals surface area contributed by atoms with E-state index in [4.69, 9.17) is 17.3 Å². The molecule has 0 amide bonds. The van der Waals surface area contributed by atoms with E-state index >= 15 is 0 Å². The lowest BCUT2D eigenvalue weighted by atomic mass is 10.00. The smallest absolute Gasteiger partial charge is 0.0586 e. The standard InChI is InChI=1S/C15H23ClN2O/c16-13-6-4-12(5-7-13)15(17)8-10-18-9-2-1-3-14(18)11-19/h4-7,14-15,19H,1-3,8-11,17H2. The highest BCUT2D eigenvalue weighted by molar-refractivity contribution is 6.30. The lowest BCUT2D eigenvalue weighted by Gasteiger charge is -2.35. The summed E-state index contributed by atoms with van der Waals surface area (Å²) in [4.78, 5) is 2.37. The second kappa shape index (κ2) is 7.25. The van der Waals surface area contributed by atoms with E-state index in [0.29, 0.717) is 6.04 Å². The summed E-state index contributed by atoms with van der Waals surface area (Å²) in [6.45, 7) is 2.30. The van der Waals surface area contributed by atoms with Crippen LogP contribution < -0.4 is 5.73 Å². The van der Waals surface area contributed by atoms with Crippen LogP contribution in [0.3, 0.4) is 0 Å². The Bertz CT molecular complexity index is 382. The van der Waals surface area contributed by atoms with Gasteiger partial charge in [0.1, 0.15) is 0 Å². The van der Waals surface area contributed by atoms with E-state index in [9.17, 15) is 5.11 Å². The maximum atomic E-state index is 9.39. The van der Waals surface area contributed by atoms with Crippen LogP contribution in [0.5, 0.6) is 0 Å². The molecule has 1 aromatic carbocycles. The number of aliphatic hydroxyl groups is 1. The van der Waals surface area contributed by atoms with Crippen LogP contribution in [0.1, 0.15) is 37.3 Å². The topological polar surface area (TPSA) is 49.5 Å². The molecule has 19 heavy (non-hydrogen) atoms. The molecule has 1 saturated heterocycles. The molecule has 1 heterocycles. The Labute approximate surface area is 120 Å². The predicted molar refractivity (Wildman–Crippen MR) is 79.3 cm³/mol. The Morgan fingerprint density at radius 2 is 2.05 bits per heavy atom. The van der Waals surface area contributed by atoms with Gasteiger partial charge in [0.05, 0.1) is 6.61 Å². The van der Waals surface area contributed by atoms with Crippen LogP contribution in [0.2, 0.25) is 5.02 Å². The van der Waals surface area contributed by atoms with Gasteiger partial charge in [-0.15, -0.1) is 0 Å². The van der Waals surface area contributed by atoms with E-state index < -0.39 is 0 Å². The van der Waals surface area contributed by atoms with Crippen molar-refractivity contribution in [2.24, 2.45) is 5.73 Å². The molecule has 2 atom stereocenters. The first-order valence-electron chi connectivity index (χ1n) is 7.06. The third-order valence-electron chi connectivity index (χ3n) is 3.99. The van der Waals surface area contributed by atoms with E-state index in [-0.39, 0.29) is 12.6 Å². The molecule has 0 aromatic heterocycles. The fraction of sp³-hybridized carbons (Fsp3) is 0.600. The van der Waals surface area contributed by atoms with Gasteiger partial charge in [-0.1, -0.05) is 30.2 Å². The highest BCUT2D eigenvalue weighted by Gasteiger charge is 2.21. The van der Waals surface area contributed by atoms with Crippen LogP contribution in [0, 0.1) is 0 Å². The van der Waals surface area contributed by atoms with Crippen LogP contribution in [0.4, 0.5) is 0 Å². The summed E-state index contributed by atoms with van der Waals surface area (Å²) in [6.07, 6.45) is 4.47. The molecule has 0 spiro atoms. The average molecular weight is 283 g/mol. The maximum absolute atomic E-state index is 9.39. The number of nitrogens with two attached hydrogens (primary N) is 1. The number of hydrogen-bond acceptors (Lipinski definition) is 3. The van der Waals surface area contributed by atoms with Crippen molar-refractivity contribution in [3.63, 3.8) is 0 Å². The second-order valence-electron chi connectivity index (χ2n) is 5.31. The molecule has 3 nitrogen and oxygen atoms in total. The van der Waals surface area contributed by atoms with Gasteiger partial charge >= 0.3 is 0 Å². The Hall–Kier alpha value is -0.610. The van der Waals surface area contributed by atoms with E-state index in [2.05, 4.69) is 4.90 Å². The molecule has 0 saturated carbocycles. The Balaban J connectivity index is 1.85. The highest BCUT2D eigenvalue weighted by Crippen LogP contribution is 2.21. The molecule has 1 aromatic rings. The van der Waals surface area contributed by atoms with Gasteiger partial charge in [0, 0.05) is 23.7 Å². The summed E-state index contributed by atoms with van der Waals surface area (Å²) >= 11 is 5.88. The summed E-state index contributed by atoms with van der Waals surface area (Å²) in [6, 6.07) is 8.12. The van der Waals surface area contributed by atoms with Crippen molar-refractivity contribution in [2.45, 2.75) is 37.8 Å². The monoisotopic (exact) mass is 282 g/mol. The van der Waals surface area contributed by atoms with Crippen molar-refractivity contribution in [1.82, 2.24) is 4.90 Å². The van der Waals surface area contributed by atoms with Gasteiger partial charge in [0.25, 0.3) is 0 Å². The molecule has 1 aliphatic heterocycles. The molecule has 2 unspecified atom stereocenters. The van der Waals surface area contributed by atoms with Gasteiger partial charge in [-0.2, -0.15) is 0 Å². The van der Waals surface area contributed by atoms with Gasteiger partial charge in [-0.3, -0.25) is 4.90 Å². The van der Waals surface area contributed by atoms with Gasteiger partial charge in [-0.05, 0) is 43.5 Å². The molecule has 4 heteroatoms. The summed E-state index contributed by atoms with van der Waals surface area (Å²) in [5.41, 5.74) is 7.34. The van der Waals surface area contributed by atoms with Gasteiger partial charge in [-0.25, -0.2) is 0 Å². The van der Waals surface area contributed by atoms with Crippen LogP contribution >= 0.6 is 11.6 Å². The lowest BCUT2D eigenvalue weighted by Crippen LogP contribution is -2.42. The fourth-order valence-corrected chi connectivity index (χ4v) is 2.87. The molecule has 0 aliphatic carbocycles. The third-order valence-corrected chi connectivity index (χ3v) is 4.24. The summed E-state index contributed by atoms with van der Waals surface area (Å²) in [7, 11) is 0. The Kier molecular flexibility index (Phi) is 5.64. The maximum Gasteiger partial charge on any atom is 0.0586 e. The molecule has 1 fully saturated rings. The summed E-state index contributed by atoms with van der Waals surface area (Å²) < 4.78 is 0. The van der Waals surface area contributed by atoms with Crippen LogP contribution in [0.15, 0.2) is 24.3 Å². The first-order valence-corrected chi connectivity index (χ1v) is 7.44. The normalized spacial score (nSPS) is 22.4. The molecule has 106 valence electrons. The summed E-state index contributed by atoms with van der Waals surface area (Å²) in [5, 5.41) is 10.1. The van der Waals surface area contributed by atoms with Crippen LogP contribution in [-0.2, 0) is 0 Å². The van der Waals surface area contributed by atoms with E-state index in [0.717, 1.165) is 36.5 Å².